The van der Waals surface area contributed by atoms with Crippen LogP contribution in [0.3, 0.4) is 0 Å². The standard InChI is InChI=1S/C54H64N2.2HI/c1-38-30-39(2)33-48(32-38)45-20-16-43(17-21-45)42-14-18-44(19-15-42)46-23-25-52-51(36-46)50-24-22-47(49-34-40(3)31-41(4)35-49)37-53(50)54(52,27-13-29-56(8,9)10)26-11-12-28-55(5,6)7;;/h14-25,30-37H,11-13,26-29H2,1-10H3;2*1H/q+2;;/p-2. The van der Waals surface area contributed by atoms with Crippen molar-refractivity contribution in [2.24, 2.45) is 0 Å². The van der Waals surface area contributed by atoms with Crippen LogP contribution in [0.2, 0.25) is 0 Å². The van der Waals surface area contributed by atoms with E-state index in [9.17, 15) is 0 Å². The molecule has 0 saturated carbocycles. The summed E-state index contributed by atoms with van der Waals surface area (Å²) in [5.41, 5.74) is 21.4. The molecule has 1 aliphatic carbocycles. The van der Waals surface area contributed by atoms with Gasteiger partial charge in [0.15, 0.2) is 0 Å². The summed E-state index contributed by atoms with van der Waals surface area (Å²) in [5, 5.41) is 0. The lowest BCUT2D eigenvalue weighted by Gasteiger charge is -2.35. The molecule has 1 unspecified atom stereocenters. The maximum atomic E-state index is 2.58. The fourth-order valence-electron chi connectivity index (χ4n) is 9.39. The third kappa shape index (κ3) is 10.5. The summed E-state index contributed by atoms with van der Waals surface area (Å²) in [5.74, 6) is 0. The smallest absolute Gasteiger partial charge is 0.0780 e. The molecular weight excluding hydrogens is 930 g/mol. The predicted molar refractivity (Wildman–Crippen MR) is 242 cm³/mol. The Morgan fingerprint density at radius 1 is 0.345 bits per heavy atom. The van der Waals surface area contributed by atoms with Gasteiger partial charge in [-0.1, -0.05) is 131 Å². The van der Waals surface area contributed by atoms with Crippen LogP contribution in [-0.4, -0.2) is 64.3 Å². The maximum Gasteiger partial charge on any atom is 0.0780 e. The van der Waals surface area contributed by atoms with Crippen LogP contribution >= 0.6 is 0 Å². The molecule has 6 aromatic rings. The Labute approximate surface area is 385 Å². The quantitative estimate of drug-likeness (QED) is 0.0652. The van der Waals surface area contributed by atoms with E-state index in [2.05, 4.69) is 191 Å². The van der Waals surface area contributed by atoms with Gasteiger partial charge < -0.3 is 56.9 Å². The summed E-state index contributed by atoms with van der Waals surface area (Å²) in [6, 6.07) is 46.9. The highest BCUT2D eigenvalue weighted by molar-refractivity contribution is 5.87. The van der Waals surface area contributed by atoms with Gasteiger partial charge in [-0.25, -0.2) is 0 Å². The van der Waals surface area contributed by atoms with E-state index in [0.29, 0.717) is 0 Å². The molecule has 2 nitrogen and oxygen atoms in total. The lowest BCUT2D eigenvalue weighted by atomic mass is 9.70. The zero-order valence-corrected chi connectivity index (χ0v) is 41.0. The molecule has 0 spiro atoms. The highest BCUT2D eigenvalue weighted by Gasteiger charge is 2.43. The van der Waals surface area contributed by atoms with E-state index in [0.717, 1.165) is 8.97 Å². The Bertz CT molecular complexity index is 2300. The van der Waals surface area contributed by atoms with Gasteiger partial charge in [-0.3, -0.25) is 0 Å². The normalized spacial score (nSPS) is 14.7. The van der Waals surface area contributed by atoms with Crippen LogP contribution < -0.4 is 48.0 Å². The van der Waals surface area contributed by atoms with E-state index >= 15 is 0 Å². The first-order chi connectivity index (χ1) is 26.6. The van der Waals surface area contributed by atoms with Gasteiger partial charge in [-0.2, -0.15) is 0 Å². The molecule has 4 heteroatoms. The van der Waals surface area contributed by atoms with E-state index in [1.807, 2.05) is 0 Å². The zero-order valence-electron chi connectivity index (χ0n) is 36.6. The fraction of sp³-hybridized carbons (Fsp3) is 0.333. The summed E-state index contributed by atoms with van der Waals surface area (Å²) >= 11 is 0. The monoisotopic (exact) mass is 994 g/mol. The first kappa shape index (κ1) is 45.8. The van der Waals surface area contributed by atoms with Crippen molar-refractivity contribution in [3.05, 3.63) is 155 Å². The molecule has 0 radical (unpaired) electrons. The summed E-state index contributed by atoms with van der Waals surface area (Å²) in [7, 11) is 14.0. The van der Waals surface area contributed by atoms with Crippen molar-refractivity contribution in [1.82, 2.24) is 0 Å². The molecule has 58 heavy (non-hydrogen) atoms. The van der Waals surface area contributed by atoms with Crippen molar-refractivity contribution in [3.8, 4) is 55.6 Å². The van der Waals surface area contributed by atoms with Crippen molar-refractivity contribution in [1.29, 1.82) is 0 Å². The van der Waals surface area contributed by atoms with E-state index in [-0.39, 0.29) is 53.4 Å². The number of fused-ring (bicyclic) bond motifs is 3. The highest BCUT2D eigenvalue weighted by atomic mass is 127. The number of halogens is 2. The van der Waals surface area contributed by atoms with Gasteiger partial charge in [0.2, 0.25) is 0 Å². The van der Waals surface area contributed by atoms with E-state index in [4.69, 9.17) is 0 Å². The van der Waals surface area contributed by atoms with Crippen molar-refractivity contribution < 1.29 is 56.9 Å². The molecule has 7 rings (SSSR count). The number of aryl methyl sites for hydroxylation is 4. The summed E-state index contributed by atoms with van der Waals surface area (Å²) in [6.45, 7) is 11.2. The van der Waals surface area contributed by atoms with E-state index in [1.165, 1.54) is 134 Å². The molecule has 0 N–H and O–H groups in total. The minimum absolute atomic E-state index is 0. The van der Waals surface area contributed by atoms with E-state index < -0.39 is 0 Å². The van der Waals surface area contributed by atoms with Crippen LogP contribution in [0.1, 0.15) is 65.5 Å². The second kappa shape index (κ2) is 18.5. The number of quaternary nitrogens is 2. The molecule has 0 fully saturated rings. The number of rotatable bonds is 13. The summed E-state index contributed by atoms with van der Waals surface area (Å²) < 4.78 is 2.00. The lowest BCUT2D eigenvalue weighted by molar-refractivity contribution is -0.870. The highest BCUT2D eigenvalue weighted by Crippen LogP contribution is 2.55. The first-order valence-corrected chi connectivity index (χ1v) is 20.9. The molecule has 0 bridgehead atoms. The number of benzene rings is 6. The van der Waals surface area contributed by atoms with Crippen LogP contribution in [-0.2, 0) is 5.41 Å². The van der Waals surface area contributed by atoms with Crippen LogP contribution in [0.4, 0.5) is 0 Å². The summed E-state index contributed by atoms with van der Waals surface area (Å²) in [6.07, 6.45) is 6.00. The Morgan fingerprint density at radius 3 is 1.22 bits per heavy atom. The minimum Gasteiger partial charge on any atom is -1.00 e. The van der Waals surface area contributed by atoms with E-state index in [1.54, 1.807) is 0 Å². The molecule has 1 atom stereocenters. The number of hydrogen-bond donors (Lipinski definition) is 0. The van der Waals surface area contributed by atoms with Gasteiger partial charge in [0.1, 0.15) is 0 Å². The average molecular weight is 995 g/mol. The molecule has 0 aromatic heterocycles. The molecule has 6 aromatic carbocycles. The zero-order chi connectivity index (χ0) is 39.8. The van der Waals surface area contributed by atoms with Gasteiger partial charge in [-0.05, 0) is 139 Å². The summed E-state index contributed by atoms with van der Waals surface area (Å²) in [4.78, 5) is 0. The van der Waals surface area contributed by atoms with Crippen LogP contribution in [0.15, 0.2) is 121 Å². The first-order valence-electron chi connectivity index (χ1n) is 20.9. The number of hydrogen-bond acceptors (Lipinski definition) is 0. The largest absolute Gasteiger partial charge is 1.00 e. The number of unbranched alkanes of at least 4 members (excludes halogenated alkanes) is 1. The Balaban J connectivity index is 0.00000320. The molecule has 0 heterocycles. The average Bonchev–Trinajstić information content (AvgIpc) is 3.40. The minimum atomic E-state index is -0.00864. The Kier molecular flexibility index (Phi) is 14.6. The third-order valence-corrected chi connectivity index (χ3v) is 12.0. The molecular formula is C54H64I2N2. The second-order valence-corrected chi connectivity index (χ2v) is 19.1. The Morgan fingerprint density at radius 2 is 0.724 bits per heavy atom. The van der Waals surface area contributed by atoms with Crippen LogP contribution in [0.25, 0.3) is 55.6 Å². The van der Waals surface area contributed by atoms with Crippen LogP contribution in [0.5, 0.6) is 0 Å². The van der Waals surface area contributed by atoms with Gasteiger partial charge in [0.05, 0.1) is 55.4 Å². The van der Waals surface area contributed by atoms with Gasteiger partial charge in [-0.15, -0.1) is 0 Å². The molecule has 1 aliphatic rings. The van der Waals surface area contributed by atoms with Crippen molar-refractivity contribution in [2.75, 3.05) is 55.4 Å². The fourth-order valence-corrected chi connectivity index (χ4v) is 9.39. The van der Waals surface area contributed by atoms with Crippen molar-refractivity contribution in [2.45, 2.75) is 65.2 Å². The number of nitrogens with zero attached hydrogens (tertiary/aromatic N) is 2. The third-order valence-electron chi connectivity index (χ3n) is 12.0. The maximum absolute atomic E-state index is 2.58. The van der Waals surface area contributed by atoms with Crippen molar-refractivity contribution >= 4 is 0 Å². The van der Waals surface area contributed by atoms with Crippen molar-refractivity contribution in [3.63, 3.8) is 0 Å². The topological polar surface area (TPSA) is 0 Å². The van der Waals surface area contributed by atoms with Gasteiger partial charge >= 0.3 is 0 Å². The second-order valence-electron chi connectivity index (χ2n) is 19.1. The predicted octanol–water partition coefficient (Wildman–Crippen LogP) is 7.23. The Hall–Kier alpha value is -3.30. The lowest BCUT2D eigenvalue weighted by Crippen LogP contribution is -3.00. The van der Waals surface area contributed by atoms with Gasteiger partial charge in [0, 0.05) is 5.41 Å². The van der Waals surface area contributed by atoms with Crippen LogP contribution in [0, 0.1) is 27.7 Å². The molecule has 0 amide bonds. The molecule has 304 valence electrons. The van der Waals surface area contributed by atoms with Gasteiger partial charge in [0.25, 0.3) is 0 Å². The molecule has 0 aliphatic heterocycles. The molecule has 0 saturated heterocycles. The SMILES string of the molecule is Cc1cc(C)cc(-c2ccc(-c3ccc(-c4ccc5c(c4)-c4ccc(-c6cc(C)cc(C)c6)cc4C5(CCCC[N+](C)(C)C)CCC[N+](C)(C)C)cc3)cc2)c1.[I-].[I-].